The van der Waals surface area contributed by atoms with Crippen molar-refractivity contribution >= 4 is 46.6 Å². The van der Waals surface area contributed by atoms with Crippen molar-refractivity contribution < 1.29 is 14.3 Å². The zero-order chi connectivity index (χ0) is 34.4. The van der Waals surface area contributed by atoms with Crippen LogP contribution in [0.15, 0.2) is 42.6 Å². The number of benzene rings is 2. The highest BCUT2D eigenvalue weighted by Crippen LogP contribution is 2.41. The van der Waals surface area contributed by atoms with Gasteiger partial charge in [0.05, 0.1) is 53.4 Å². The van der Waals surface area contributed by atoms with Crippen LogP contribution in [0, 0.1) is 22.7 Å². The number of hydrogen-bond donors (Lipinski definition) is 1. The molecule has 4 heterocycles. The minimum atomic E-state index is -0.583. The molecule has 2 aromatic heterocycles. The van der Waals surface area contributed by atoms with Crippen molar-refractivity contribution in [2.24, 2.45) is 0 Å². The van der Waals surface area contributed by atoms with Crippen molar-refractivity contribution in [3.05, 3.63) is 64.3 Å². The Bertz CT molecular complexity index is 1980. The Morgan fingerprint density at radius 1 is 1.06 bits per heavy atom. The molecule has 0 spiro atoms. The van der Waals surface area contributed by atoms with Gasteiger partial charge in [-0.05, 0) is 76.3 Å². The van der Waals surface area contributed by atoms with Gasteiger partial charge >= 0.3 is 6.09 Å². The molecule has 1 amide bonds. The highest BCUT2D eigenvalue weighted by atomic mass is 35.5. The second-order valence-corrected chi connectivity index (χ2v) is 14.1. The zero-order valence-electron chi connectivity index (χ0n) is 27.9. The predicted molar refractivity (Wildman–Crippen MR) is 184 cm³/mol. The van der Waals surface area contributed by atoms with E-state index < -0.39 is 5.60 Å². The summed E-state index contributed by atoms with van der Waals surface area (Å²) in [5.41, 5.74) is 2.70. The summed E-state index contributed by atoms with van der Waals surface area (Å²) in [6.45, 7) is 7.28. The van der Waals surface area contributed by atoms with Crippen molar-refractivity contribution in [3.8, 4) is 17.9 Å². The monoisotopic (exact) mass is 680 g/mol. The minimum absolute atomic E-state index is 0.0366. The Hall–Kier alpha value is -5.27. The van der Waals surface area contributed by atoms with E-state index in [0.29, 0.717) is 58.8 Å². The normalized spacial score (nSPS) is 18.6. The van der Waals surface area contributed by atoms with Gasteiger partial charge in [-0.3, -0.25) is 4.90 Å². The number of amides is 1. The molecule has 49 heavy (non-hydrogen) atoms. The SMILES string of the molecule is COc1ccc(CN(c2nc(Nc3cc(C#N)cc(N4CC5CCC(C4)N5C(=O)OC(C)(C)C)c3Cl)nc3c(C#N)cnn23)C2CC2)cc1. The second-order valence-electron chi connectivity index (χ2n) is 13.7. The molecule has 1 aliphatic carbocycles. The molecular formula is C35H37ClN10O3. The molecule has 7 rings (SSSR count). The minimum Gasteiger partial charge on any atom is -0.497 e. The highest BCUT2D eigenvalue weighted by Gasteiger charge is 2.45. The van der Waals surface area contributed by atoms with Crippen LogP contribution in [-0.4, -0.2) is 74.5 Å². The number of carbonyl (C=O) groups excluding carboxylic acids is 1. The van der Waals surface area contributed by atoms with Crippen molar-refractivity contribution in [3.63, 3.8) is 0 Å². The standard InChI is InChI=1S/C35H37ClN10O3/c1-35(2,3)49-34(47)45-25-9-10-26(45)20-43(19-25)29-14-22(15-37)13-28(30(29)36)40-32-41-31-23(16-38)17-39-46(31)33(42-32)44(24-7-8-24)18-21-5-11-27(48-4)12-6-21/h5-6,11-14,17,24-26H,7-10,18-20H2,1-4H3,(H,40,41). The van der Waals surface area contributed by atoms with Gasteiger partial charge in [0.1, 0.15) is 23.0 Å². The van der Waals surface area contributed by atoms with Crippen LogP contribution in [0.2, 0.25) is 5.02 Å². The number of fused-ring (bicyclic) bond motifs is 3. The van der Waals surface area contributed by atoms with Crippen molar-refractivity contribution in [2.75, 3.05) is 35.3 Å². The van der Waals surface area contributed by atoms with Crippen LogP contribution in [-0.2, 0) is 11.3 Å². The largest absolute Gasteiger partial charge is 0.497 e. The summed E-state index contributed by atoms with van der Waals surface area (Å²) >= 11 is 7.11. The fraction of sp³-hybridized carbons (Fsp3) is 0.429. The maximum Gasteiger partial charge on any atom is 0.410 e. The molecule has 3 fully saturated rings. The Kier molecular flexibility index (Phi) is 8.33. The summed E-state index contributed by atoms with van der Waals surface area (Å²) in [6.07, 6.45) is 4.91. The van der Waals surface area contributed by atoms with Crippen molar-refractivity contribution in [1.82, 2.24) is 24.5 Å². The van der Waals surface area contributed by atoms with Crippen molar-refractivity contribution in [1.29, 1.82) is 10.5 Å². The number of nitrogens with one attached hydrogen (secondary N) is 1. The van der Waals surface area contributed by atoms with E-state index >= 15 is 0 Å². The second kappa shape index (κ2) is 12.6. The smallest absolute Gasteiger partial charge is 0.410 e. The van der Waals surface area contributed by atoms with Gasteiger partial charge in [0.25, 0.3) is 0 Å². The fourth-order valence-corrected chi connectivity index (χ4v) is 6.96. The van der Waals surface area contributed by atoms with Gasteiger partial charge in [-0.15, -0.1) is 0 Å². The van der Waals surface area contributed by atoms with Gasteiger partial charge in [-0.1, -0.05) is 23.7 Å². The third-order valence-corrected chi connectivity index (χ3v) is 9.48. The third kappa shape index (κ3) is 6.46. The Balaban J connectivity index is 1.21. The van der Waals surface area contributed by atoms with Crippen LogP contribution in [0.4, 0.5) is 28.1 Å². The summed E-state index contributed by atoms with van der Waals surface area (Å²) in [5, 5.41) is 28.1. The van der Waals surface area contributed by atoms with Gasteiger partial charge in [0.15, 0.2) is 5.65 Å². The number of hydrogen-bond acceptors (Lipinski definition) is 11. The molecular weight excluding hydrogens is 644 g/mol. The summed E-state index contributed by atoms with van der Waals surface area (Å²) in [7, 11) is 1.64. The molecule has 2 saturated heterocycles. The van der Waals surface area contributed by atoms with Gasteiger partial charge in [-0.25, -0.2) is 4.79 Å². The first-order valence-electron chi connectivity index (χ1n) is 16.4. The van der Waals surface area contributed by atoms with Crippen LogP contribution in [0.5, 0.6) is 5.75 Å². The number of aromatic nitrogens is 4. The number of halogens is 1. The first-order chi connectivity index (χ1) is 23.5. The lowest BCUT2D eigenvalue weighted by Crippen LogP contribution is -2.56. The van der Waals surface area contributed by atoms with E-state index in [1.807, 2.05) is 49.9 Å². The van der Waals surface area contributed by atoms with E-state index in [4.69, 9.17) is 26.1 Å². The fourth-order valence-electron chi connectivity index (χ4n) is 6.69. The molecule has 2 unspecified atom stereocenters. The van der Waals surface area contributed by atoms with Crippen LogP contribution in [0.1, 0.15) is 63.1 Å². The Morgan fingerprint density at radius 2 is 1.78 bits per heavy atom. The predicted octanol–water partition coefficient (Wildman–Crippen LogP) is 6.03. The van der Waals surface area contributed by atoms with E-state index in [-0.39, 0.29) is 30.2 Å². The van der Waals surface area contributed by atoms with E-state index in [2.05, 4.69) is 37.3 Å². The molecule has 2 aliphatic heterocycles. The summed E-state index contributed by atoms with van der Waals surface area (Å²) in [5.74, 6) is 1.53. The molecule has 13 nitrogen and oxygen atoms in total. The topological polar surface area (TPSA) is 148 Å². The quantitative estimate of drug-likeness (QED) is 0.233. The number of anilines is 4. The van der Waals surface area contributed by atoms with Crippen molar-refractivity contribution in [2.45, 2.75) is 76.7 Å². The Morgan fingerprint density at radius 3 is 2.39 bits per heavy atom. The number of rotatable bonds is 8. The molecule has 0 radical (unpaired) electrons. The summed E-state index contributed by atoms with van der Waals surface area (Å²) < 4.78 is 12.7. The van der Waals surface area contributed by atoms with Gasteiger partial charge in [0.2, 0.25) is 11.9 Å². The lowest BCUT2D eigenvalue weighted by Gasteiger charge is -2.42. The molecule has 4 aromatic rings. The summed E-state index contributed by atoms with van der Waals surface area (Å²) in [4.78, 5) is 28.9. The first kappa shape index (κ1) is 32.3. The Labute approximate surface area is 289 Å². The van der Waals surface area contributed by atoms with Crippen LogP contribution in [0.25, 0.3) is 5.65 Å². The van der Waals surface area contributed by atoms with Gasteiger partial charge < -0.3 is 24.6 Å². The van der Waals surface area contributed by atoms with Crippen LogP contribution >= 0.6 is 11.6 Å². The first-order valence-corrected chi connectivity index (χ1v) is 16.8. The molecule has 2 atom stereocenters. The lowest BCUT2D eigenvalue weighted by atomic mass is 10.1. The molecule has 252 valence electrons. The molecule has 3 aliphatic rings. The molecule has 1 saturated carbocycles. The van der Waals surface area contributed by atoms with Crippen LogP contribution in [0.3, 0.4) is 0 Å². The molecule has 14 heteroatoms. The number of piperazine rings is 1. The number of nitriles is 2. The number of carbonyl (C=O) groups is 1. The molecule has 2 aromatic carbocycles. The van der Waals surface area contributed by atoms with Gasteiger partial charge in [-0.2, -0.15) is 30.1 Å². The van der Waals surface area contributed by atoms with E-state index in [9.17, 15) is 15.3 Å². The maximum atomic E-state index is 13.1. The van der Waals surface area contributed by atoms with E-state index in [0.717, 1.165) is 37.0 Å². The lowest BCUT2D eigenvalue weighted by molar-refractivity contribution is 0.0123. The number of methoxy groups -OCH3 is 1. The number of nitrogens with zero attached hydrogens (tertiary/aromatic N) is 9. The van der Waals surface area contributed by atoms with Gasteiger partial charge in [0, 0.05) is 25.7 Å². The molecule has 2 bridgehead atoms. The average Bonchev–Trinajstić information content (AvgIpc) is 3.78. The average molecular weight is 681 g/mol. The highest BCUT2D eigenvalue weighted by molar-refractivity contribution is 6.36. The third-order valence-electron chi connectivity index (χ3n) is 9.08. The molecule has 1 N–H and O–H groups in total. The summed E-state index contributed by atoms with van der Waals surface area (Å²) in [6, 6.07) is 16.0. The maximum absolute atomic E-state index is 13.1. The van der Waals surface area contributed by atoms with E-state index in [1.165, 1.54) is 6.20 Å². The van der Waals surface area contributed by atoms with Crippen LogP contribution < -0.4 is 19.9 Å². The number of ether oxygens (including phenoxy) is 2. The zero-order valence-corrected chi connectivity index (χ0v) is 28.6. The van der Waals surface area contributed by atoms with E-state index in [1.54, 1.807) is 23.8 Å².